The van der Waals surface area contributed by atoms with Gasteiger partial charge in [-0.05, 0) is 25.5 Å². The number of aliphatic carboxylic acids is 1. The molecule has 1 rings (SSSR count). The minimum Gasteiger partial charge on any atom is -0.479 e. The summed E-state index contributed by atoms with van der Waals surface area (Å²) in [7, 11) is 0. The van der Waals surface area contributed by atoms with Gasteiger partial charge in [0.05, 0.1) is 0 Å². The molecule has 0 saturated heterocycles. The minimum atomic E-state index is -1.45. The molecule has 1 atom stereocenters. The third-order valence-corrected chi connectivity index (χ3v) is 2.95. The zero-order valence-electron chi connectivity index (χ0n) is 11.7. The maximum absolute atomic E-state index is 12.1. The number of nitrogens with zero attached hydrogens (tertiary/aromatic N) is 1. The number of benzene rings is 1. The largest absolute Gasteiger partial charge is 0.479 e. The van der Waals surface area contributed by atoms with Crippen LogP contribution in [0.15, 0.2) is 24.3 Å². The van der Waals surface area contributed by atoms with Gasteiger partial charge >= 0.3 is 12.0 Å². The second-order valence-corrected chi connectivity index (χ2v) is 4.41. The number of rotatable bonds is 6. The number of carbonyl (C=O) groups excluding carboxylic acids is 1. The van der Waals surface area contributed by atoms with Crippen LogP contribution in [0.4, 0.5) is 10.5 Å². The van der Waals surface area contributed by atoms with Crippen molar-refractivity contribution in [3.05, 3.63) is 29.8 Å². The first-order valence-corrected chi connectivity index (χ1v) is 6.49. The Morgan fingerprint density at radius 2 is 2.00 bits per heavy atom. The van der Waals surface area contributed by atoms with Crippen LogP contribution in [0.2, 0.25) is 0 Å². The minimum absolute atomic E-state index is 0.0214. The quantitative estimate of drug-likeness (QED) is 0.734. The summed E-state index contributed by atoms with van der Waals surface area (Å²) in [6.07, 6.45) is -1.48. The fourth-order valence-electron chi connectivity index (χ4n) is 1.82. The monoisotopic (exact) mass is 280 g/mol. The second kappa shape index (κ2) is 7.49. The van der Waals surface area contributed by atoms with Crippen LogP contribution in [0.1, 0.15) is 18.9 Å². The number of amides is 2. The normalized spacial score (nSPS) is 11.8. The first kappa shape index (κ1) is 16.0. The first-order chi connectivity index (χ1) is 9.47. The van der Waals surface area contributed by atoms with Gasteiger partial charge in [-0.15, -0.1) is 0 Å². The van der Waals surface area contributed by atoms with E-state index in [4.69, 9.17) is 10.2 Å². The van der Waals surface area contributed by atoms with Crippen molar-refractivity contribution in [2.75, 3.05) is 18.0 Å². The summed E-state index contributed by atoms with van der Waals surface area (Å²) in [5, 5.41) is 20.3. The van der Waals surface area contributed by atoms with E-state index in [0.717, 1.165) is 11.3 Å². The van der Waals surface area contributed by atoms with Gasteiger partial charge < -0.3 is 15.5 Å². The molecule has 1 unspecified atom stereocenters. The number of nitrogens with one attached hydrogen (secondary N) is 1. The number of hydrogen-bond donors (Lipinski definition) is 3. The van der Waals surface area contributed by atoms with Gasteiger partial charge in [0.2, 0.25) is 0 Å². The topological polar surface area (TPSA) is 89.9 Å². The van der Waals surface area contributed by atoms with Crippen molar-refractivity contribution in [1.29, 1.82) is 0 Å². The lowest BCUT2D eigenvalue weighted by atomic mass is 10.2. The van der Waals surface area contributed by atoms with E-state index < -0.39 is 12.1 Å². The molecule has 2 amide bonds. The average Bonchev–Trinajstić information content (AvgIpc) is 2.41. The molecule has 0 bridgehead atoms. The van der Waals surface area contributed by atoms with Crippen molar-refractivity contribution in [2.45, 2.75) is 26.4 Å². The lowest BCUT2D eigenvalue weighted by Gasteiger charge is -2.23. The average molecular weight is 280 g/mol. The van der Waals surface area contributed by atoms with Gasteiger partial charge in [-0.25, -0.2) is 9.59 Å². The van der Waals surface area contributed by atoms with Crippen LogP contribution in [0.5, 0.6) is 0 Å². The van der Waals surface area contributed by atoms with E-state index in [1.165, 1.54) is 0 Å². The van der Waals surface area contributed by atoms with E-state index in [0.29, 0.717) is 6.54 Å². The number of para-hydroxylation sites is 1. The second-order valence-electron chi connectivity index (χ2n) is 4.41. The summed E-state index contributed by atoms with van der Waals surface area (Å²) in [6.45, 7) is 4.38. The molecule has 0 fully saturated rings. The Bertz CT molecular complexity index is 476. The van der Waals surface area contributed by atoms with E-state index in [-0.39, 0.29) is 19.0 Å². The number of anilines is 1. The van der Waals surface area contributed by atoms with E-state index in [9.17, 15) is 9.59 Å². The summed E-state index contributed by atoms with van der Waals surface area (Å²) >= 11 is 0. The van der Waals surface area contributed by atoms with Crippen molar-refractivity contribution in [3.8, 4) is 0 Å². The van der Waals surface area contributed by atoms with Crippen molar-refractivity contribution >= 4 is 17.7 Å². The number of carbonyl (C=O) groups is 2. The van der Waals surface area contributed by atoms with E-state index in [1.54, 1.807) is 4.90 Å². The maximum Gasteiger partial charge on any atom is 0.332 e. The smallest absolute Gasteiger partial charge is 0.332 e. The molecule has 0 aliphatic carbocycles. The molecule has 3 N–H and O–H groups in total. The summed E-state index contributed by atoms with van der Waals surface area (Å²) in [5.41, 5.74) is 1.79. The number of hydrogen-bond acceptors (Lipinski definition) is 3. The molecular weight excluding hydrogens is 260 g/mol. The number of aliphatic hydroxyl groups is 1. The SMILES string of the molecule is CCN(C(=O)NCCC(O)C(=O)O)c1ccccc1C. The molecule has 0 aliphatic heterocycles. The Labute approximate surface area is 118 Å². The molecular formula is C14H20N2O4. The van der Waals surface area contributed by atoms with Crippen LogP contribution in [-0.4, -0.2) is 41.4 Å². The molecule has 0 aliphatic rings. The third kappa shape index (κ3) is 4.24. The zero-order chi connectivity index (χ0) is 15.1. The predicted octanol–water partition coefficient (Wildman–Crippen LogP) is 1.37. The zero-order valence-corrected chi connectivity index (χ0v) is 11.7. The molecule has 110 valence electrons. The van der Waals surface area contributed by atoms with Crippen molar-refractivity contribution < 1.29 is 19.8 Å². The molecule has 0 saturated carbocycles. The number of aliphatic hydroxyl groups excluding tert-OH is 1. The number of urea groups is 1. The van der Waals surface area contributed by atoms with E-state index >= 15 is 0 Å². The molecule has 1 aromatic rings. The van der Waals surface area contributed by atoms with Crippen LogP contribution >= 0.6 is 0 Å². The fourth-order valence-corrected chi connectivity index (χ4v) is 1.82. The van der Waals surface area contributed by atoms with Gasteiger partial charge in [0.25, 0.3) is 0 Å². The number of carboxylic acids is 1. The summed E-state index contributed by atoms with van der Waals surface area (Å²) < 4.78 is 0. The van der Waals surface area contributed by atoms with Gasteiger partial charge in [0.15, 0.2) is 6.10 Å². The van der Waals surface area contributed by atoms with Crippen LogP contribution in [0.25, 0.3) is 0 Å². The Kier molecular flexibility index (Phi) is 5.99. The molecule has 6 nitrogen and oxygen atoms in total. The lowest BCUT2D eigenvalue weighted by Crippen LogP contribution is -2.41. The molecule has 0 spiro atoms. The highest BCUT2D eigenvalue weighted by atomic mass is 16.4. The van der Waals surface area contributed by atoms with Crippen LogP contribution in [0.3, 0.4) is 0 Å². The van der Waals surface area contributed by atoms with Gasteiger partial charge in [-0.1, -0.05) is 18.2 Å². The Hall–Kier alpha value is -2.08. The molecule has 0 heterocycles. The lowest BCUT2D eigenvalue weighted by molar-refractivity contribution is -0.146. The third-order valence-electron chi connectivity index (χ3n) is 2.95. The molecule has 6 heteroatoms. The van der Waals surface area contributed by atoms with E-state index in [1.807, 2.05) is 38.1 Å². The number of aryl methyl sites for hydroxylation is 1. The van der Waals surface area contributed by atoms with Crippen LogP contribution < -0.4 is 10.2 Å². The first-order valence-electron chi connectivity index (χ1n) is 6.49. The van der Waals surface area contributed by atoms with Crippen LogP contribution in [0, 0.1) is 6.92 Å². The van der Waals surface area contributed by atoms with Gasteiger partial charge in [-0.2, -0.15) is 0 Å². The Balaban J connectivity index is 2.60. The Morgan fingerprint density at radius 3 is 2.55 bits per heavy atom. The predicted molar refractivity (Wildman–Crippen MR) is 75.9 cm³/mol. The summed E-state index contributed by atoms with van der Waals surface area (Å²) in [4.78, 5) is 24.1. The summed E-state index contributed by atoms with van der Waals surface area (Å²) in [6, 6.07) is 7.21. The summed E-state index contributed by atoms with van der Waals surface area (Å²) in [5.74, 6) is -1.29. The van der Waals surface area contributed by atoms with Crippen molar-refractivity contribution in [2.24, 2.45) is 0 Å². The van der Waals surface area contributed by atoms with Crippen molar-refractivity contribution in [1.82, 2.24) is 5.32 Å². The van der Waals surface area contributed by atoms with Crippen LogP contribution in [-0.2, 0) is 4.79 Å². The van der Waals surface area contributed by atoms with Gasteiger partial charge in [-0.3, -0.25) is 4.90 Å². The van der Waals surface area contributed by atoms with E-state index in [2.05, 4.69) is 5.32 Å². The molecule has 0 aromatic heterocycles. The number of carboxylic acid groups (broad SMARTS) is 1. The standard InChI is InChI=1S/C14H20N2O4/c1-3-16(11-7-5-4-6-10(11)2)14(20)15-9-8-12(17)13(18)19/h4-7,12,17H,3,8-9H2,1-2H3,(H,15,20)(H,18,19). The molecule has 0 radical (unpaired) electrons. The molecule has 1 aromatic carbocycles. The highest BCUT2D eigenvalue weighted by Crippen LogP contribution is 2.19. The Morgan fingerprint density at radius 1 is 1.35 bits per heavy atom. The van der Waals surface area contributed by atoms with Crippen molar-refractivity contribution in [3.63, 3.8) is 0 Å². The highest BCUT2D eigenvalue weighted by Gasteiger charge is 2.17. The molecule has 20 heavy (non-hydrogen) atoms. The van der Waals surface area contributed by atoms with Gasteiger partial charge in [0.1, 0.15) is 0 Å². The van der Waals surface area contributed by atoms with Gasteiger partial charge in [0, 0.05) is 25.2 Å². The maximum atomic E-state index is 12.1. The highest BCUT2D eigenvalue weighted by molar-refractivity contribution is 5.92. The fraction of sp³-hybridized carbons (Fsp3) is 0.429.